The summed E-state index contributed by atoms with van der Waals surface area (Å²) >= 11 is 0. The van der Waals surface area contributed by atoms with Crippen LogP contribution in [0.3, 0.4) is 0 Å². The van der Waals surface area contributed by atoms with E-state index in [0.29, 0.717) is 5.82 Å². The number of benzene rings is 1. The Morgan fingerprint density at radius 3 is 2.39 bits per heavy atom. The van der Waals surface area contributed by atoms with Crippen LogP contribution in [-0.4, -0.2) is 33.7 Å². The molecule has 0 bridgehead atoms. The Morgan fingerprint density at radius 1 is 1.22 bits per heavy atom. The Morgan fingerprint density at radius 2 is 1.87 bits per heavy atom. The summed E-state index contributed by atoms with van der Waals surface area (Å²) in [4.78, 5) is 16.8. The fraction of sp³-hybridized carbons (Fsp3) is 0.556. The first-order valence-corrected chi connectivity index (χ1v) is 8.25. The zero-order valence-electron chi connectivity index (χ0n) is 14.1. The monoisotopic (exact) mass is 315 g/mol. The minimum Gasteiger partial charge on any atom is -0.298 e. The maximum Gasteiger partial charge on any atom is 0.438 e. The van der Waals surface area contributed by atoms with Gasteiger partial charge in [0.25, 0.3) is 0 Å². The second kappa shape index (κ2) is 5.96. The Bertz CT molecular complexity index is 689. The second-order valence-electron chi connectivity index (χ2n) is 7.54. The minimum atomic E-state index is -0.467. The molecule has 1 N–H and O–H groups in total. The number of likely N-dealkylation sites (tertiary alicyclic amines) is 1. The highest BCUT2D eigenvalue weighted by Crippen LogP contribution is 2.38. The van der Waals surface area contributed by atoms with Gasteiger partial charge in [0, 0.05) is 11.0 Å². The number of hydrogen-bond donors (Lipinski definition) is 1. The van der Waals surface area contributed by atoms with E-state index in [4.69, 9.17) is 4.52 Å². The van der Waals surface area contributed by atoms with Gasteiger partial charge in [0.05, 0.1) is 0 Å². The first-order chi connectivity index (χ1) is 10.9. The van der Waals surface area contributed by atoms with E-state index in [1.54, 1.807) is 0 Å². The van der Waals surface area contributed by atoms with Gasteiger partial charge < -0.3 is 0 Å². The Balaban J connectivity index is 1.88. The molecule has 1 saturated heterocycles. The van der Waals surface area contributed by atoms with Gasteiger partial charge in [-0.3, -0.25) is 14.4 Å². The van der Waals surface area contributed by atoms with Crippen LogP contribution in [0.4, 0.5) is 0 Å². The van der Waals surface area contributed by atoms with Gasteiger partial charge in [-0.1, -0.05) is 35.5 Å². The van der Waals surface area contributed by atoms with Crippen LogP contribution in [0, 0.1) is 0 Å². The van der Waals surface area contributed by atoms with Crippen LogP contribution in [0.25, 0.3) is 0 Å². The molecule has 0 spiro atoms. The molecule has 5 nitrogen and oxygen atoms in total. The van der Waals surface area contributed by atoms with Gasteiger partial charge in [0.1, 0.15) is 0 Å². The van der Waals surface area contributed by atoms with Crippen LogP contribution in [0.15, 0.2) is 39.6 Å². The van der Waals surface area contributed by atoms with E-state index in [1.165, 1.54) is 5.56 Å². The normalized spacial score (nSPS) is 18.9. The highest BCUT2D eigenvalue weighted by molar-refractivity contribution is 5.22. The summed E-state index contributed by atoms with van der Waals surface area (Å²) in [6.45, 7) is 8.72. The summed E-state index contributed by atoms with van der Waals surface area (Å²) in [6.07, 6.45) is 2.79. The zero-order chi connectivity index (χ0) is 16.5. The number of rotatable bonds is 3. The van der Waals surface area contributed by atoms with E-state index in [-0.39, 0.29) is 11.0 Å². The van der Waals surface area contributed by atoms with E-state index in [1.807, 2.05) is 6.07 Å². The third-order valence-corrected chi connectivity index (χ3v) is 5.00. The molecule has 124 valence electrons. The summed E-state index contributed by atoms with van der Waals surface area (Å²) in [5, 5.41) is 4.03. The quantitative estimate of drug-likeness (QED) is 0.946. The van der Waals surface area contributed by atoms with Gasteiger partial charge in [-0.05, 0) is 58.7 Å². The van der Waals surface area contributed by atoms with Crippen molar-refractivity contribution in [1.82, 2.24) is 15.0 Å². The summed E-state index contributed by atoms with van der Waals surface area (Å²) < 4.78 is 4.80. The zero-order valence-corrected chi connectivity index (χ0v) is 14.1. The molecule has 1 aromatic carbocycles. The molecule has 0 amide bonds. The number of nitrogens with one attached hydrogen (secondary N) is 1. The van der Waals surface area contributed by atoms with Gasteiger partial charge in [-0.15, -0.1) is 0 Å². The number of piperidine rings is 1. The van der Waals surface area contributed by atoms with Crippen LogP contribution >= 0.6 is 0 Å². The van der Waals surface area contributed by atoms with Gasteiger partial charge in [-0.25, -0.2) is 4.79 Å². The third kappa shape index (κ3) is 3.39. The molecule has 2 aromatic rings. The van der Waals surface area contributed by atoms with Crippen molar-refractivity contribution < 1.29 is 4.52 Å². The summed E-state index contributed by atoms with van der Waals surface area (Å²) in [5.41, 5.74) is 1.27. The van der Waals surface area contributed by atoms with Crippen molar-refractivity contribution in [3.63, 3.8) is 0 Å². The van der Waals surface area contributed by atoms with Crippen LogP contribution in [0.1, 0.15) is 45.0 Å². The Hall–Kier alpha value is -1.88. The van der Waals surface area contributed by atoms with Crippen molar-refractivity contribution >= 4 is 0 Å². The smallest absolute Gasteiger partial charge is 0.298 e. The van der Waals surface area contributed by atoms with Gasteiger partial charge in [-0.2, -0.15) is 0 Å². The number of H-pyrrole nitrogens is 1. The maximum absolute atomic E-state index is 11.5. The largest absolute Gasteiger partial charge is 0.438 e. The molecule has 1 fully saturated rings. The van der Waals surface area contributed by atoms with E-state index < -0.39 is 5.76 Å². The molecule has 0 radical (unpaired) electrons. The van der Waals surface area contributed by atoms with E-state index in [0.717, 1.165) is 32.4 Å². The Labute approximate surface area is 136 Å². The fourth-order valence-corrected chi connectivity index (χ4v) is 3.55. The average molecular weight is 315 g/mol. The Kier molecular flexibility index (Phi) is 4.15. The number of aromatic nitrogens is 2. The SMILES string of the molecule is CC(C)(C)N1CCC(Cc2ccccc2)(c2noc(=O)[nH]2)CC1. The van der Waals surface area contributed by atoms with E-state index in [9.17, 15) is 4.79 Å². The molecule has 0 aliphatic carbocycles. The van der Waals surface area contributed by atoms with Crippen LogP contribution < -0.4 is 5.76 Å². The van der Waals surface area contributed by atoms with Crippen LogP contribution in [0.2, 0.25) is 0 Å². The lowest BCUT2D eigenvalue weighted by atomic mass is 9.72. The molecular weight excluding hydrogens is 290 g/mol. The average Bonchev–Trinajstić information content (AvgIpc) is 2.95. The predicted molar refractivity (Wildman–Crippen MR) is 89.5 cm³/mol. The first kappa shape index (κ1) is 16.0. The first-order valence-electron chi connectivity index (χ1n) is 8.25. The lowest BCUT2D eigenvalue weighted by Crippen LogP contribution is -2.51. The molecule has 0 saturated carbocycles. The maximum atomic E-state index is 11.5. The van der Waals surface area contributed by atoms with Gasteiger partial charge in [0.15, 0.2) is 5.82 Å². The highest BCUT2D eigenvalue weighted by atomic mass is 16.5. The summed E-state index contributed by atoms with van der Waals surface area (Å²) in [7, 11) is 0. The number of nitrogens with zero attached hydrogens (tertiary/aromatic N) is 2. The second-order valence-corrected chi connectivity index (χ2v) is 7.54. The fourth-order valence-electron chi connectivity index (χ4n) is 3.55. The summed E-state index contributed by atoms with van der Waals surface area (Å²) in [5.74, 6) is 0.227. The lowest BCUT2D eigenvalue weighted by molar-refractivity contribution is 0.0703. The van der Waals surface area contributed by atoms with Gasteiger partial charge >= 0.3 is 5.76 Å². The third-order valence-electron chi connectivity index (χ3n) is 5.00. The molecule has 1 aromatic heterocycles. The van der Waals surface area contributed by atoms with Crippen molar-refractivity contribution in [2.75, 3.05) is 13.1 Å². The van der Waals surface area contributed by atoms with E-state index in [2.05, 4.69) is 60.1 Å². The molecule has 0 unspecified atom stereocenters. The molecule has 1 aliphatic heterocycles. The van der Waals surface area contributed by atoms with E-state index >= 15 is 0 Å². The molecule has 2 heterocycles. The number of aromatic amines is 1. The molecule has 0 atom stereocenters. The molecule has 23 heavy (non-hydrogen) atoms. The highest BCUT2D eigenvalue weighted by Gasteiger charge is 2.41. The topological polar surface area (TPSA) is 62.1 Å². The molecule has 3 rings (SSSR count). The van der Waals surface area contributed by atoms with Crippen molar-refractivity contribution in [1.29, 1.82) is 0 Å². The molecule has 5 heteroatoms. The minimum absolute atomic E-state index is 0.157. The van der Waals surface area contributed by atoms with Gasteiger partial charge in [0.2, 0.25) is 0 Å². The molecule has 1 aliphatic rings. The van der Waals surface area contributed by atoms with Crippen molar-refractivity contribution in [2.24, 2.45) is 0 Å². The molecular formula is C18H25N3O2. The van der Waals surface area contributed by atoms with Crippen LogP contribution in [-0.2, 0) is 11.8 Å². The van der Waals surface area contributed by atoms with Crippen molar-refractivity contribution in [3.05, 3.63) is 52.3 Å². The standard InChI is InChI=1S/C18H25N3O2/c1-17(2,3)21-11-9-18(10-12-21,15-19-16(22)23-20-15)13-14-7-5-4-6-8-14/h4-8H,9-13H2,1-3H3,(H,19,20,22). The van der Waals surface area contributed by atoms with Crippen molar-refractivity contribution in [3.8, 4) is 0 Å². The summed E-state index contributed by atoms with van der Waals surface area (Å²) in [6, 6.07) is 10.4. The van der Waals surface area contributed by atoms with Crippen LogP contribution in [0.5, 0.6) is 0 Å². The lowest BCUT2D eigenvalue weighted by Gasteiger charge is -2.45. The predicted octanol–water partition coefficient (Wildman–Crippen LogP) is 2.74. The number of hydrogen-bond acceptors (Lipinski definition) is 4. The van der Waals surface area contributed by atoms with Crippen molar-refractivity contribution in [2.45, 2.75) is 51.0 Å².